The van der Waals surface area contributed by atoms with E-state index in [1.54, 1.807) is 0 Å². The lowest BCUT2D eigenvalue weighted by atomic mass is 10.0. The van der Waals surface area contributed by atoms with Gasteiger partial charge in [-0.15, -0.1) is 0 Å². The van der Waals surface area contributed by atoms with E-state index in [9.17, 15) is 4.79 Å². The van der Waals surface area contributed by atoms with Crippen LogP contribution in [-0.4, -0.2) is 44.2 Å². The van der Waals surface area contributed by atoms with Crippen molar-refractivity contribution in [2.75, 3.05) is 33.8 Å². The Kier molecular flexibility index (Phi) is 3.69. The molecule has 0 radical (unpaired) electrons. The zero-order chi connectivity index (χ0) is 10.6. The fourth-order valence-electron chi connectivity index (χ4n) is 1.64. The van der Waals surface area contributed by atoms with Crippen molar-refractivity contribution in [3.05, 3.63) is 12.2 Å². The largest absolute Gasteiger partial charge is 0.465 e. The van der Waals surface area contributed by atoms with Gasteiger partial charge in [0, 0.05) is 0 Å². The third kappa shape index (κ3) is 3.14. The van der Waals surface area contributed by atoms with Crippen molar-refractivity contribution >= 4 is 5.97 Å². The van der Waals surface area contributed by atoms with Crippen LogP contribution < -0.4 is 0 Å². The summed E-state index contributed by atoms with van der Waals surface area (Å²) in [6.45, 7) is 4.39. The lowest BCUT2D eigenvalue weighted by Gasteiger charge is -2.33. The number of esters is 1. The Morgan fingerprint density at radius 1 is 1.57 bits per heavy atom. The zero-order valence-electron chi connectivity index (χ0n) is 9.32. The molecule has 3 nitrogen and oxygen atoms in total. The first kappa shape index (κ1) is 11.2. The van der Waals surface area contributed by atoms with Gasteiger partial charge in [-0.3, -0.25) is 4.79 Å². The molecule has 14 heavy (non-hydrogen) atoms. The third-order valence-electron chi connectivity index (χ3n) is 2.41. The minimum absolute atomic E-state index is 0.0506. The van der Waals surface area contributed by atoms with E-state index in [4.69, 9.17) is 4.74 Å². The van der Waals surface area contributed by atoms with Gasteiger partial charge in [0.2, 0.25) is 0 Å². The number of likely N-dealkylation sites (N-methyl/N-ethyl adjacent to an activating group) is 1. The first-order valence-electron chi connectivity index (χ1n) is 5.20. The van der Waals surface area contributed by atoms with Crippen LogP contribution in [0, 0.1) is 5.92 Å². The number of quaternary nitrogens is 1. The molecular formula is C11H20NO2+. The fraction of sp³-hybridized carbons (Fsp3) is 0.727. The molecule has 0 aliphatic carbocycles. The normalized spacial score (nSPS) is 24.6. The van der Waals surface area contributed by atoms with E-state index in [1.165, 1.54) is 0 Å². The Hall–Kier alpha value is -0.830. The van der Waals surface area contributed by atoms with Crippen LogP contribution in [0.25, 0.3) is 0 Å². The van der Waals surface area contributed by atoms with Crippen LogP contribution in [-0.2, 0) is 9.53 Å². The number of hydrogen-bond acceptors (Lipinski definition) is 2. The van der Waals surface area contributed by atoms with Crippen molar-refractivity contribution in [3.63, 3.8) is 0 Å². The summed E-state index contributed by atoms with van der Waals surface area (Å²) in [4.78, 5) is 11.6. The molecule has 0 saturated carbocycles. The van der Waals surface area contributed by atoms with Gasteiger partial charge >= 0.3 is 5.97 Å². The molecule has 1 aliphatic rings. The second-order valence-corrected chi connectivity index (χ2v) is 4.50. The van der Waals surface area contributed by atoms with Crippen LogP contribution in [0.15, 0.2) is 12.2 Å². The lowest BCUT2D eigenvalue weighted by molar-refractivity contribution is -0.887. The molecule has 1 heterocycles. The van der Waals surface area contributed by atoms with E-state index in [0.29, 0.717) is 6.61 Å². The minimum atomic E-state index is -0.0750. The highest BCUT2D eigenvalue weighted by molar-refractivity contribution is 5.74. The van der Waals surface area contributed by atoms with Gasteiger partial charge in [0.15, 0.2) is 0 Å². The van der Waals surface area contributed by atoms with Gasteiger partial charge in [0.1, 0.15) is 5.92 Å². The number of ether oxygens (including phenoxy) is 1. The molecule has 0 spiro atoms. The van der Waals surface area contributed by atoms with Crippen molar-refractivity contribution in [1.82, 2.24) is 0 Å². The first-order valence-corrected chi connectivity index (χ1v) is 5.20. The van der Waals surface area contributed by atoms with E-state index in [2.05, 4.69) is 20.2 Å². The highest BCUT2D eigenvalue weighted by Gasteiger charge is 2.29. The Bertz CT molecular complexity index is 233. The molecule has 1 atom stereocenters. The summed E-state index contributed by atoms with van der Waals surface area (Å²) < 4.78 is 5.99. The van der Waals surface area contributed by atoms with Crippen LogP contribution in [0.1, 0.15) is 13.3 Å². The maximum Gasteiger partial charge on any atom is 0.318 e. The SMILES string of the molecule is CCCOC(=O)C1C=CC[N+](C)(C)C1. The predicted octanol–water partition coefficient (Wildman–Crippen LogP) is 1.20. The molecule has 3 heteroatoms. The van der Waals surface area contributed by atoms with E-state index in [0.717, 1.165) is 24.0 Å². The van der Waals surface area contributed by atoms with E-state index >= 15 is 0 Å². The molecule has 80 valence electrons. The molecule has 0 aromatic carbocycles. The third-order valence-corrected chi connectivity index (χ3v) is 2.41. The topological polar surface area (TPSA) is 26.3 Å². The molecule has 1 rings (SSSR count). The molecule has 0 aromatic rings. The van der Waals surface area contributed by atoms with Gasteiger partial charge in [-0.2, -0.15) is 0 Å². The molecule has 0 saturated heterocycles. The summed E-state index contributed by atoms with van der Waals surface area (Å²) in [5, 5.41) is 0. The van der Waals surface area contributed by atoms with Gasteiger partial charge in [0.25, 0.3) is 0 Å². The second-order valence-electron chi connectivity index (χ2n) is 4.50. The standard InChI is InChI=1S/C11H20NO2/c1-4-8-14-11(13)10-6-5-7-12(2,3)9-10/h5-6,10H,4,7-9H2,1-3H3/q+1. The van der Waals surface area contributed by atoms with E-state index in [-0.39, 0.29) is 11.9 Å². The number of hydrogen-bond donors (Lipinski definition) is 0. The maximum atomic E-state index is 11.6. The quantitative estimate of drug-likeness (QED) is 0.387. The van der Waals surface area contributed by atoms with Crippen molar-refractivity contribution in [1.29, 1.82) is 0 Å². The summed E-state index contributed by atoms with van der Waals surface area (Å²) in [6.07, 6.45) is 4.93. The van der Waals surface area contributed by atoms with Crippen molar-refractivity contribution in [2.24, 2.45) is 5.92 Å². The zero-order valence-corrected chi connectivity index (χ0v) is 9.32. The van der Waals surface area contributed by atoms with Gasteiger partial charge in [0.05, 0.1) is 33.8 Å². The van der Waals surface area contributed by atoms with Crippen molar-refractivity contribution < 1.29 is 14.0 Å². The summed E-state index contributed by atoms with van der Waals surface area (Å²) in [6, 6.07) is 0. The number of nitrogens with zero attached hydrogens (tertiary/aromatic N) is 1. The molecule has 0 fully saturated rings. The van der Waals surface area contributed by atoms with E-state index < -0.39 is 0 Å². The smallest absolute Gasteiger partial charge is 0.318 e. The number of carbonyl (C=O) groups excluding carboxylic acids is 1. The van der Waals surface area contributed by atoms with Crippen molar-refractivity contribution in [3.8, 4) is 0 Å². The summed E-state index contributed by atoms with van der Waals surface area (Å²) >= 11 is 0. The maximum absolute atomic E-state index is 11.6. The van der Waals surface area contributed by atoms with Gasteiger partial charge in [-0.05, 0) is 12.5 Å². The van der Waals surface area contributed by atoms with Gasteiger partial charge < -0.3 is 9.22 Å². The van der Waals surface area contributed by atoms with Gasteiger partial charge in [-0.1, -0.05) is 13.0 Å². The molecular weight excluding hydrogens is 178 g/mol. The summed E-state index contributed by atoms with van der Waals surface area (Å²) in [5.41, 5.74) is 0. The summed E-state index contributed by atoms with van der Waals surface area (Å²) in [7, 11) is 4.26. The van der Waals surface area contributed by atoms with Crippen molar-refractivity contribution in [2.45, 2.75) is 13.3 Å². The Balaban J connectivity index is 2.48. The molecule has 1 unspecified atom stereocenters. The molecule has 0 amide bonds. The van der Waals surface area contributed by atoms with E-state index in [1.807, 2.05) is 13.0 Å². The molecule has 0 bridgehead atoms. The molecule has 0 aromatic heterocycles. The van der Waals surface area contributed by atoms with Crippen LogP contribution in [0.4, 0.5) is 0 Å². The summed E-state index contributed by atoms with van der Waals surface area (Å²) in [5.74, 6) is -0.126. The minimum Gasteiger partial charge on any atom is -0.465 e. The Labute approximate surface area is 85.9 Å². The highest BCUT2D eigenvalue weighted by Crippen LogP contribution is 2.14. The predicted molar refractivity (Wildman–Crippen MR) is 55.7 cm³/mol. The number of rotatable bonds is 3. The van der Waals surface area contributed by atoms with Crippen LogP contribution >= 0.6 is 0 Å². The average molecular weight is 198 g/mol. The highest BCUT2D eigenvalue weighted by atomic mass is 16.5. The second kappa shape index (κ2) is 4.60. The van der Waals surface area contributed by atoms with Crippen LogP contribution in [0.5, 0.6) is 0 Å². The number of carbonyl (C=O) groups is 1. The molecule has 0 N–H and O–H groups in total. The first-order chi connectivity index (χ1) is 6.55. The Morgan fingerprint density at radius 3 is 2.86 bits per heavy atom. The average Bonchev–Trinajstić information content (AvgIpc) is 2.12. The monoisotopic (exact) mass is 198 g/mol. The molecule has 1 aliphatic heterocycles. The Morgan fingerprint density at radius 2 is 2.29 bits per heavy atom. The van der Waals surface area contributed by atoms with Crippen LogP contribution in [0.3, 0.4) is 0 Å². The lowest BCUT2D eigenvalue weighted by Crippen LogP contribution is -2.47. The van der Waals surface area contributed by atoms with Crippen LogP contribution in [0.2, 0.25) is 0 Å². The van der Waals surface area contributed by atoms with Gasteiger partial charge in [-0.25, -0.2) is 0 Å². The fourth-order valence-corrected chi connectivity index (χ4v) is 1.64.